The molecule has 0 radical (unpaired) electrons. The first-order valence-corrected chi connectivity index (χ1v) is 14.9. The predicted molar refractivity (Wildman–Crippen MR) is 156 cm³/mol. The Morgan fingerprint density at radius 1 is 0.659 bits per heavy atom. The van der Waals surface area contributed by atoms with Gasteiger partial charge in [0, 0.05) is 39.2 Å². The number of aliphatic hydroxyl groups excluding tert-OH is 8. The average Bonchev–Trinajstić information content (AvgIpc) is 2.85. The zero-order valence-corrected chi connectivity index (χ0v) is 24.7. The van der Waals surface area contributed by atoms with Crippen molar-refractivity contribution in [2.45, 2.75) is 146 Å². The van der Waals surface area contributed by atoms with Crippen molar-refractivity contribution in [3.63, 3.8) is 0 Å². The van der Waals surface area contributed by atoms with Crippen LogP contribution in [0.1, 0.15) is 97.3 Å². The molecule has 0 aliphatic heterocycles. The van der Waals surface area contributed by atoms with Crippen molar-refractivity contribution in [1.82, 2.24) is 5.32 Å². The second-order valence-corrected chi connectivity index (χ2v) is 11.0. The van der Waals surface area contributed by atoms with Crippen LogP contribution in [-0.2, 0) is 9.59 Å². The molecule has 0 aromatic heterocycles. The van der Waals surface area contributed by atoms with Gasteiger partial charge in [-0.05, 0) is 57.8 Å². The molecule has 41 heavy (non-hydrogen) atoms. The fourth-order valence-corrected chi connectivity index (χ4v) is 4.40. The number of nitrogens with one attached hydrogen (secondary N) is 1. The topological polar surface area (TPSA) is 208 Å². The molecule has 0 aliphatic carbocycles. The molecule has 11 heteroatoms. The van der Waals surface area contributed by atoms with Gasteiger partial charge in [-0.1, -0.05) is 31.2 Å². The van der Waals surface area contributed by atoms with Crippen molar-refractivity contribution in [1.29, 1.82) is 0 Å². The summed E-state index contributed by atoms with van der Waals surface area (Å²) in [5, 5.41) is 83.0. The first-order valence-electron chi connectivity index (χ1n) is 14.9. The molecular formula is C30H55NO10. The van der Waals surface area contributed by atoms with Crippen molar-refractivity contribution in [3.05, 3.63) is 24.3 Å². The third kappa shape index (κ3) is 24.6. The van der Waals surface area contributed by atoms with Gasteiger partial charge in [0.05, 0.1) is 48.8 Å². The number of allylic oxidation sites excluding steroid dienone is 1. The Morgan fingerprint density at radius 3 is 1.76 bits per heavy atom. The summed E-state index contributed by atoms with van der Waals surface area (Å²) >= 11 is 0. The Hall–Kier alpha value is -1.70. The maximum atomic E-state index is 11.3. The van der Waals surface area contributed by atoms with Crippen LogP contribution in [0.2, 0.25) is 0 Å². The number of Topliss-reactive ketones (excluding diaryl/α,β-unsaturated/α-hetero) is 1. The number of unbranched alkanes of at least 4 members (excludes halogenated alkanes) is 1. The van der Waals surface area contributed by atoms with E-state index in [1.165, 1.54) is 19.1 Å². The molecule has 9 N–H and O–H groups in total. The van der Waals surface area contributed by atoms with Crippen molar-refractivity contribution in [2.75, 3.05) is 6.54 Å². The van der Waals surface area contributed by atoms with Gasteiger partial charge < -0.3 is 46.2 Å². The highest BCUT2D eigenvalue weighted by Gasteiger charge is 2.19. The van der Waals surface area contributed by atoms with Crippen LogP contribution in [0.4, 0.5) is 0 Å². The minimum absolute atomic E-state index is 0.00313. The highest BCUT2D eigenvalue weighted by molar-refractivity contribution is 5.78. The lowest BCUT2D eigenvalue weighted by molar-refractivity contribution is -0.121. The van der Waals surface area contributed by atoms with E-state index in [1.54, 1.807) is 19.1 Å². The Labute approximate surface area is 244 Å². The van der Waals surface area contributed by atoms with Gasteiger partial charge in [-0.25, -0.2) is 0 Å². The number of hydrogen-bond donors (Lipinski definition) is 9. The Morgan fingerprint density at radius 2 is 1.17 bits per heavy atom. The number of carbonyl (C=O) groups is 2. The van der Waals surface area contributed by atoms with E-state index >= 15 is 0 Å². The molecule has 240 valence electrons. The van der Waals surface area contributed by atoms with Gasteiger partial charge in [-0.15, -0.1) is 0 Å². The molecule has 0 saturated heterocycles. The lowest BCUT2D eigenvalue weighted by atomic mass is 9.99. The van der Waals surface area contributed by atoms with E-state index in [-0.39, 0.29) is 56.6 Å². The molecule has 0 aliphatic rings. The molecule has 8 unspecified atom stereocenters. The average molecular weight is 590 g/mol. The Kier molecular flexibility index (Phi) is 22.8. The summed E-state index contributed by atoms with van der Waals surface area (Å²) in [6.07, 6.45) is 2.84. The Balaban J connectivity index is 4.10. The molecule has 8 atom stereocenters. The molecule has 0 fully saturated rings. The molecule has 0 rings (SSSR count). The number of carbonyl (C=O) groups excluding carboxylic acids is 2. The maximum Gasteiger partial charge on any atom is 0.216 e. The Bertz CT molecular complexity index is 747. The summed E-state index contributed by atoms with van der Waals surface area (Å²) in [7, 11) is 0. The molecule has 0 heterocycles. The lowest BCUT2D eigenvalue weighted by Gasteiger charge is -2.19. The van der Waals surface area contributed by atoms with E-state index in [0.29, 0.717) is 38.6 Å². The van der Waals surface area contributed by atoms with Gasteiger partial charge in [0.1, 0.15) is 5.78 Å². The fraction of sp³-hybridized carbons (Fsp3) is 0.800. The van der Waals surface area contributed by atoms with Crippen LogP contribution in [0.15, 0.2) is 24.3 Å². The summed E-state index contributed by atoms with van der Waals surface area (Å²) in [6.45, 7) is 3.69. The summed E-state index contributed by atoms with van der Waals surface area (Å²) in [5.74, 6) is -0.191. The zero-order chi connectivity index (χ0) is 31.2. The molecule has 11 nitrogen and oxygen atoms in total. The van der Waals surface area contributed by atoms with Gasteiger partial charge in [-0.2, -0.15) is 0 Å². The zero-order valence-electron chi connectivity index (χ0n) is 24.7. The monoisotopic (exact) mass is 589 g/mol. The predicted octanol–water partition coefficient (Wildman–Crippen LogP) is 0.782. The molecule has 0 bridgehead atoms. The minimum Gasteiger partial charge on any atom is -0.393 e. The van der Waals surface area contributed by atoms with Crippen molar-refractivity contribution in [3.8, 4) is 0 Å². The number of amides is 1. The molecule has 0 aromatic carbocycles. The van der Waals surface area contributed by atoms with E-state index in [4.69, 9.17) is 0 Å². The largest absolute Gasteiger partial charge is 0.393 e. The first kappa shape index (κ1) is 39.3. The van der Waals surface area contributed by atoms with E-state index < -0.39 is 48.8 Å². The molecule has 1 amide bonds. The highest BCUT2D eigenvalue weighted by Crippen LogP contribution is 2.15. The maximum absolute atomic E-state index is 11.3. The third-order valence-corrected chi connectivity index (χ3v) is 6.64. The van der Waals surface area contributed by atoms with Crippen LogP contribution in [0.3, 0.4) is 0 Å². The van der Waals surface area contributed by atoms with Crippen LogP contribution in [0.25, 0.3) is 0 Å². The summed E-state index contributed by atoms with van der Waals surface area (Å²) < 4.78 is 0. The lowest BCUT2D eigenvalue weighted by Crippen LogP contribution is -2.25. The van der Waals surface area contributed by atoms with Crippen LogP contribution in [0, 0.1) is 0 Å². The highest BCUT2D eigenvalue weighted by atomic mass is 16.3. The summed E-state index contributed by atoms with van der Waals surface area (Å²) in [4.78, 5) is 22.2. The molecular weight excluding hydrogens is 534 g/mol. The summed E-state index contributed by atoms with van der Waals surface area (Å²) in [5.41, 5.74) is 0. The standard InChI is InChI=1S/C30H55NO10/c1-3-22(33)15-27(38)19-29(40)17-25(36)11-7-12-26(37)18-30(41)20-28(39)16-24(35)10-6-4-5-9-23(34)13-8-14-31-21(2)32/h6-7,10-11,23-30,34-41H,3-5,8-9,12-20H2,1-2H3,(H,31,32). The first-order chi connectivity index (χ1) is 19.3. The number of rotatable bonds is 25. The van der Waals surface area contributed by atoms with Gasteiger partial charge in [0.2, 0.25) is 5.91 Å². The van der Waals surface area contributed by atoms with Crippen LogP contribution in [0.5, 0.6) is 0 Å². The smallest absolute Gasteiger partial charge is 0.216 e. The van der Waals surface area contributed by atoms with Crippen LogP contribution in [-0.4, -0.2) is 108 Å². The van der Waals surface area contributed by atoms with Crippen LogP contribution >= 0.6 is 0 Å². The van der Waals surface area contributed by atoms with Crippen molar-refractivity contribution in [2.24, 2.45) is 0 Å². The van der Waals surface area contributed by atoms with E-state index in [2.05, 4.69) is 5.32 Å². The van der Waals surface area contributed by atoms with Gasteiger partial charge in [0.15, 0.2) is 0 Å². The quantitative estimate of drug-likeness (QED) is 0.0540. The van der Waals surface area contributed by atoms with Crippen molar-refractivity contribution < 1.29 is 50.4 Å². The van der Waals surface area contributed by atoms with E-state index in [1.807, 2.05) is 0 Å². The minimum atomic E-state index is -1.00. The normalized spacial score (nSPS) is 18.1. The van der Waals surface area contributed by atoms with E-state index in [0.717, 1.165) is 6.42 Å². The van der Waals surface area contributed by atoms with Gasteiger partial charge in [0.25, 0.3) is 0 Å². The molecule has 0 saturated carbocycles. The second kappa shape index (κ2) is 23.8. The van der Waals surface area contributed by atoms with E-state index in [9.17, 15) is 50.4 Å². The second-order valence-electron chi connectivity index (χ2n) is 11.0. The number of aliphatic hydroxyl groups is 8. The summed E-state index contributed by atoms with van der Waals surface area (Å²) in [6, 6.07) is 0. The molecule has 0 spiro atoms. The van der Waals surface area contributed by atoms with Gasteiger partial charge >= 0.3 is 0 Å². The van der Waals surface area contributed by atoms with Gasteiger partial charge in [-0.3, -0.25) is 9.59 Å². The SMILES string of the molecule is CCC(=O)CC(O)CC(O)CC(O)C=CCC(O)CC(O)CC(O)CC(O)C=CCCCC(O)CCCNC(C)=O. The van der Waals surface area contributed by atoms with Crippen LogP contribution < -0.4 is 5.32 Å². The van der Waals surface area contributed by atoms with Crippen molar-refractivity contribution >= 4 is 11.7 Å². The number of ketones is 1. The molecule has 0 aromatic rings. The third-order valence-electron chi connectivity index (χ3n) is 6.64. The fourth-order valence-electron chi connectivity index (χ4n) is 4.40. The number of hydrogen-bond acceptors (Lipinski definition) is 10.